The largest absolute Gasteiger partial charge is 0.333 e. The van der Waals surface area contributed by atoms with Crippen molar-refractivity contribution >= 4 is 5.91 Å². The Morgan fingerprint density at radius 1 is 1.53 bits per heavy atom. The number of piperazine rings is 1. The lowest BCUT2D eigenvalue weighted by atomic mass is 10.1. The molecule has 1 aromatic rings. The van der Waals surface area contributed by atoms with Crippen molar-refractivity contribution in [1.82, 2.24) is 15.2 Å². The molecule has 0 aliphatic carbocycles. The van der Waals surface area contributed by atoms with Gasteiger partial charge < -0.3 is 10.2 Å². The van der Waals surface area contributed by atoms with Crippen molar-refractivity contribution < 1.29 is 4.79 Å². The van der Waals surface area contributed by atoms with Gasteiger partial charge in [0.1, 0.15) is 0 Å². The van der Waals surface area contributed by atoms with Gasteiger partial charge in [0.15, 0.2) is 0 Å². The van der Waals surface area contributed by atoms with E-state index in [4.69, 9.17) is 0 Å². The van der Waals surface area contributed by atoms with E-state index < -0.39 is 0 Å². The Balaban J connectivity index is 2.13. The third-order valence-electron chi connectivity index (χ3n) is 2.69. The Morgan fingerprint density at radius 3 is 2.93 bits per heavy atom. The molecule has 2 rings (SSSR count). The molecule has 1 aliphatic rings. The van der Waals surface area contributed by atoms with Gasteiger partial charge in [-0.3, -0.25) is 9.78 Å². The SMILES string of the molecule is C[C@H]1CNCCN1C(=O)c1ccncc1. The molecule has 2 heterocycles. The predicted octanol–water partition coefficient (Wildman–Crippen LogP) is 0.515. The summed E-state index contributed by atoms with van der Waals surface area (Å²) < 4.78 is 0. The highest BCUT2D eigenvalue weighted by molar-refractivity contribution is 5.94. The molecule has 0 saturated carbocycles. The Morgan fingerprint density at radius 2 is 2.27 bits per heavy atom. The molecule has 1 N–H and O–H groups in total. The van der Waals surface area contributed by atoms with Crippen LogP contribution in [0, 0.1) is 0 Å². The van der Waals surface area contributed by atoms with Crippen LogP contribution in [0.2, 0.25) is 0 Å². The number of nitrogens with zero attached hydrogens (tertiary/aromatic N) is 2. The van der Waals surface area contributed by atoms with Crippen LogP contribution in [-0.4, -0.2) is 41.5 Å². The molecule has 1 amide bonds. The summed E-state index contributed by atoms with van der Waals surface area (Å²) in [5.74, 6) is 0.103. The van der Waals surface area contributed by atoms with Gasteiger partial charge in [-0.25, -0.2) is 0 Å². The van der Waals surface area contributed by atoms with Gasteiger partial charge in [0, 0.05) is 43.6 Å². The van der Waals surface area contributed by atoms with Crippen molar-refractivity contribution in [3.63, 3.8) is 0 Å². The molecule has 1 aromatic heterocycles. The van der Waals surface area contributed by atoms with Gasteiger partial charge in [-0.2, -0.15) is 0 Å². The summed E-state index contributed by atoms with van der Waals surface area (Å²) in [6.07, 6.45) is 3.31. The maximum atomic E-state index is 12.1. The molecule has 4 heteroatoms. The zero-order valence-corrected chi connectivity index (χ0v) is 8.81. The normalized spacial score (nSPS) is 21.4. The number of pyridine rings is 1. The first kappa shape index (κ1) is 10.1. The minimum Gasteiger partial charge on any atom is -0.333 e. The second-order valence-electron chi connectivity index (χ2n) is 3.79. The van der Waals surface area contributed by atoms with Gasteiger partial charge in [-0.05, 0) is 19.1 Å². The van der Waals surface area contributed by atoms with E-state index in [1.165, 1.54) is 0 Å². The summed E-state index contributed by atoms with van der Waals surface area (Å²) in [6.45, 7) is 4.59. The molecular weight excluding hydrogens is 190 g/mol. The van der Waals surface area contributed by atoms with Crippen LogP contribution in [0.1, 0.15) is 17.3 Å². The van der Waals surface area contributed by atoms with Crippen molar-refractivity contribution in [1.29, 1.82) is 0 Å². The first-order valence-corrected chi connectivity index (χ1v) is 5.21. The van der Waals surface area contributed by atoms with Gasteiger partial charge in [-0.1, -0.05) is 0 Å². The molecule has 0 bridgehead atoms. The fourth-order valence-electron chi connectivity index (χ4n) is 1.80. The van der Waals surface area contributed by atoms with Crippen molar-refractivity contribution in [3.05, 3.63) is 30.1 Å². The van der Waals surface area contributed by atoms with E-state index in [1.807, 2.05) is 4.90 Å². The summed E-state index contributed by atoms with van der Waals surface area (Å²) in [4.78, 5) is 17.9. The van der Waals surface area contributed by atoms with Crippen molar-refractivity contribution in [2.75, 3.05) is 19.6 Å². The third-order valence-corrected chi connectivity index (χ3v) is 2.69. The minimum atomic E-state index is 0.103. The Bertz CT molecular complexity index is 339. The molecule has 80 valence electrons. The average molecular weight is 205 g/mol. The number of rotatable bonds is 1. The molecule has 15 heavy (non-hydrogen) atoms. The first-order chi connectivity index (χ1) is 7.29. The van der Waals surface area contributed by atoms with Crippen LogP contribution in [0.3, 0.4) is 0 Å². The molecular formula is C11H15N3O. The Hall–Kier alpha value is -1.42. The summed E-state index contributed by atoms with van der Waals surface area (Å²) in [5.41, 5.74) is 0.721. The van der Waals surface area contributed by atoms with Crippen LogP contribution in [0.25, 0.3) is 0 Å². The number of aromatic nitrogens is 1. The van der Waals surface area contributed by atoms with Crippen molar-refractivity contribution in [2.45, 2.75) is 13.0 Å². The molecule has 1 atom stereocenters. The highest BCUT2D eigenvalue weighted by Gasteiger charge is 2.23. The maximum Gasteiger partial charge on any atom is 0.254 e. The lowest BCUT2D eigenvalue weighted by Crippen LogP contribution is -2.52. The Kier molecular flexibility index (Phi) is 2.97. The van der Waals surface area contributed by atoms with Crippen molar-refractivity contribution in [2.24, 2.45) is 0 Å². The Labute approximate surface area is 89.3 Å². The molecule has 1 fully saturated rings. The third kappa shape index (κ3) is 2.15. The molecule has 0 aromatic carbocycles. The number of nitrogens with one attached hydrogen (secondary N) is 1. The topological polar surface area (TPSA) is 45.2 Å². The average Bonchev–Trinajstić information content (AvgIpc) is 2.30. The van der Waals surface area contributed by atoms with Crippen LogP contribution in [-0.2, 0) is 0 Å². The zero-order valence-electron chi connectivity index (χ0n) is 8.81. The summed E-state index contributed by atoms with van der Waals surface area (Å²) >= 11 is 0. The number of carbonyl (C=O) groups excluding carboxylic acids is 1. The van der Waals surface area contributed by atoms with Gasteiger partial charge in [-0.15, -0.1) is 0 Å². The summed E-state index contributed by atoms with van der Waals surface area (Å²) in [6, 6.07) is 3.79. The van der Waals surface area contributed by atoms with E-state index in [-0.39, 0.29) is 11.9 Å². The molecule has 0 spiro atoms. The van der Waals surface area contributed by atoms with E-state index in [2.05, 4.69) is 17.2 Å². The van der Waals surface area contributed by atoms with E-state index >= 15 is 0 Å². The maximum absolute atomic E-state index is 12.1. The number of hydrogen-bond donors (Lipinski definition) is 1. The quantitative estimate of drug-likeness (QED) is 0.727. The second-order valence-corrected chi connectivity index (χ2v) is 3.79. The molecule has 1 aliphatic heterocycles. The monoisotopic (exact) mass is 205 g/mol. The van der Waals surface area contributed by atoms with Crippen LogP contribution in [0.4, 0.5) is 0 Å². The van der Waals surface area contributed by atoms with Crippen LogP contribution < -0.4 is 5.32 Å². The molecule has 0 radical (unpaired) electrons. The molecule has 4 nitrogen and oxygen atoms in total. The fourth-order valence-corrected chi connectivity index (χ4v) is 1.80. The lowest BCUT2D eigenvalue weighted by molar-refractivity contribution is 0.0655. The fraction of sp³-hybridized carbons (Fsp3) is 0.455. The van der Waals surface area contributed by atoms with Crippen LogP contribution in [0.15, 0.2) is 24.5 Å². The van der Waals surface area contributed by atoms with Crippen molar-refractivity contribution in [3.8, 4) is 0 Å². The summed E-state index contributed by atoms with van der Waals surface area (Å²) in [5, 5.41) is 3.26. The summed E-state index contributed by atoms with van der Waals surface area (Å²) in [7, 11) is 0. The zero-order chi connectivity index (χ0) is 10.7. The van der Waals surface area contributed by atoms with Gasteiger partial charge in [0.05, 0.1) is 0 Å². The predicted molar refractivity (Wildman–Crippen MR) is 57.6 cm³/mol. The molecule has 1 saturated heterocycles. The van der Waals surface area contributed by atoms with Gasteiger partial charge >= 0.3 is 0 Å². The lowest BCUT2D eigenvalue weighted by Gasteiger charge is -2.34. The van der Waals surface area contributed by atoms with E-state index in [0.717, 1.165) is 25.2 Å². The molecule has 0 unspecified atom stereocenters. The highest BCUT2D eigenvalue weighted by Crippen LogP contribution is 2.09. The second kappa shape index (κ2) is 4.40. The van der Waals surface area contributed by atoms with Crippen LogP contribution in [0.5, 0.6) is 0 Å². The highest BCUT2D eigenvalue weighted by atomic mass is 16.2. The number of hydrogen-bond acceptors (Lipinski definition) is 3. The number of amides is 1. The van der Waals surface area contributed by atoms with Gasteiger partial charge in [0.25, 0.3) is 5.91 Å². The van der Waals surface area contributed by atoms with Gasteiger partial charge in [0.2, 0.25) is 0 Å². The number of carbonyl (C=O) groups is 1. The smallest absolute Gasteiger partial charge is 0.254 e. The minimum absolute atomic E-state index is 0.103. The van der Waals surface area contributed by atoms with E-state index in [0.29, 0.717) is 0 Å². The van der Waals surface area contributed by atoms with E-state index in [1.54, 1.807) is 24.5 Å². The van der Waals surface area contributed by atoms with E-state index in [9.17, 15) is 4.79 Å². The standard InChI is InChI=1S/C11H15N3O/c1-9-8-13-6-7-14(9)11(15)10-2-4-12-5-3-10/h2-5,9,13H,6-8H2,1H3/t9-/m0/s1. The van der Waals surface area contributed by atoms with Crippen LogP contribution >= 0.6 is 0 Å². The first-order valence-electron chi connectivity index (χ1n) is 5.21.